The van der Waals surface area contributed by atoms with Crippen molar-refractivity contribution in [1.29, 1.82) is 0 Å². The molecule has 0 bridgehead atoms. The highest BCUT2D eigenvalue weighted by Gasteiger charge is 2.28. The van der Waals surface area contributed by atoms with Crippen LogP contribution in [0.1, 0.15) is 27.2 Å². The van der Waals surface area contributed by atoms with Crippen LogP contribution in [-0.4, -0.2) is 70.7 Å². The number of carboxylic acid groups (broad SMARTS) is 1. The van der Waals surface area contributed by atoms with Crippen LogP contribution in [0, 0.1) is 5.92 Å². The van der Waals surface area contributed by atoms with Gasteiger partial charge in [-0.3, -0.25) is 14.4 Å². The fourth-order valence-electron chi connectivity index (χ4n) is 1.94. The third-order valence-electron chi connectivity index (χ3n) is 3.81. The Morgan fingerprint density at radius 3 is 2.00 bits per heavy atom. The van der Waals surface area contributed by atoms with Crippen molar-refractivity contribution < 1.29 is 24.3 Å². The molecular formula is C16H30N4O5S2. The van der Waals surface area contributed by atoms with Crippen molar-refractivity contribution in [2.45, 2.75) is 51.4 Å². The second-order valence-electron chi connectivity index (χ2n) is 6.42. The van der Waals surface area contributed by atoms with Crippen LogP contribution in [0.2, 0.25) is 0 Å². The number of carbonyl (C=O) groups is 4. The maximum absolute atomic E-state index is 12.5. The van der Waals surface area contributed by atoms with E-state index in [1.807, 2.05) is 6.26 Å². The molecule has 0 aliphatic rings. The van der Waals surface area contributed by atoms with Crippen LogP contribution in [0.5, 0.6) is 0 Å². The molecule has 156 valence electrons. The van der Waals surface area contributed by atoms with E-state index in [-0.39, 0.29) is 11.7 Å². The number of thiol groups is 1. The Hall–Kier alpha value is -1.46. The van der Waals surface area contributed by atoms with Crippen molar-refractivity contribution in [1.82, 2.24) is 16.0 Å². The molecule has 0 spiro atoms. The van der Waals surface area contributed by atoms with Crippen LogP contribution in [0.3, 0.4) is 0 Å². The number of hydrogen-bond donors (Lipinski definition) is 6. The number of rotatable bonds is 12. The topological polar surface area (TPSA) is 151 Å². The summed E-state index contributed by atoms with van der Waals surface area (Å²) in [7, 11) is 0. The standard InChI is InChI=1S/C16H30N4O5S2/c1-8(2)12(17)15(23)19-10(5-6-27-4)14(22)18-9(3)13(21)20-11(7-26)16(24)25/h8-12,26H,5-7,17H2,1-4H3,(H,18,22)(H,19,23)(H,20,21)(H,24,25). The minimum atomic E-state index is -1.22. The molecule has 0 fully saturated rings. The van der Waals surface area contributed by atoms with E-state index in [2.05, 4.69) is 28.6 Å². The average molecular weight is 423 g/mol. The summed E-state index contributed by atoms with van der Waals surface area (Å²) < 4.78 is 0. The largest absolute Gasteiger partial charge is 0.480 e. The molecule has 9 nitrogen and oxygen atoms in total. The molecule has 6 N–H and O–H groups in total. The van der Waals surface area contributed by atoms with Gasteiger partial charge in [0, 0.05) is 5.75 Å². The monoisotopic (exact) mass is 422 g/mol. The van der Waals surface area contributed by atoms with Gasteiger partial charge in [-0.25, -0.2) is 4.79 Å². The summed E-state index contributed by atoms with van der Waals surface area (Å²) in [5.74, 6) is -2.40. The highest BCUT2D eigenvalue weighted by Crippen LogP contribution is 2.04. The highest BCUT2D eigenvalue weighted by molar-refractivity contribution is 7.98. The van der Waals surface area contributed by atoms with Crippen molar-refractivity contribution in [3.05, 3.63) is 0 Å². The third kappa shape index (κ3) is 9.34. The van der Waals surface area contributed by atoms with Gasteiger partial charge in [-0.1, -0.05) is 13.8 Å². The number of thioether (sulfide) groups is 1. The van der Waals surface area contributed by atoms with Crippen molar-refractivity contribution >= 4 is 48.1 Å². The lowest BCUT2D eigenvalue weighted by Gasteiger charge is -2.24. The van der Waals surface area contributed by atoms with Crippen molar-refractivity contribution in [3.63, 3.8) is 0 Å². The molecule has 0 aliphatic carbocycles. The molecule has 0 rings (SSSR count). The van der Waals surface area contributed by atoms with Crippen molar-refractivity contribution in [2.24, 2.45) is 11.7 Å². The Kier molecular flexibility index (Phi) is 12.1. The zero-order valence-corrected chi connectivity index (χ0v) is 17.7. The average Bonchev–Trinajstić information content (AvgIpc) is 2.61. The minimum absolute atomic E-state index is 0.0821. The second-order valence-corrected chi connectivity index (χ2v) is 7.78. The molecule has 11 heteroatoms. The van der Waals surface area contributed by atoms with Crippen LogP contribution in [0.4, 0.5) is 0 Å². The summed E-state index contributed by atoms with van der Waals surface area (Å²) >= 11 is 5.38. The summed E-state index contributed by atoms with van der Waals surface area (Å²) in [6, 6.07) is -3.73. The van der Waals surface area contributed by atoms with E-state index in [9.17, 15) is 19.2 Å². The number of nitrogens with one attached hydrogen (secondary N) is 3. The predicted octanol–water partition coefficient (Wildman–Crippen LogP) is -0.788. The molecule has 0 aromatic rings. The molecular weight excluding hydrogens is 392 g/mol. The Labute approximate surface area is 169 Å². The van der Waals surface area contributed by atoms with E-state index in [4.69, 9.17) is 10.8 Å². The van der Waals surface area contributed by atoms with E-state index in [0.717, 1.165) is 0 Å². The summed E-state index contributed by atoms with van der Waals surface area (Å²) in [6.45, 7) is 5.03. The van der Waals surface area contributed by atoms with Crippen LogP contribution < -0.4 is 21.7 Å². The van der Waals surface area contributed by atoms with E-state index in [1.54, 1.807) is 13.8 Å². The molecule has 4 unspecified atom stereocenters. The first kappa shape index (κ1) is 25.5. The molecule has 4 atom stereocenters. The van der Waals surface area contributed by atoms with E-state index in [1.165, 1.54) is 18.7 Å². The number of carbonyl (C=O) groups excluding carboxylic acids is 3. The van der Waals surface area contributed by atoms with Gasteiger partial charge in [-0.2, -0.15) is 24.4 Å². The van der Waals surface area contributed by atoms with Gasteiger partial charge in [-0.15, -0.1) is 0 Å². The first-order chi connectivity index (χ1) is 12.5. The fraction of sp³-hybridized carbons (Fsp3) is 0.750. The molecule has 0 aromatic carbocycles. The van der Waals surface area contributed by atoms with Gasteiger partial charge in [0.05, 0.1) is 6.04 Å². The van der Waals surface area contributed by atoms with E-state index >= 15 is 0 Å². The SMILES string of the molecule is CSCCC(NC(=O)C(N)C(C)C)C(=O)NC(C)C(=O)NC(CS)C(=O)O. The predicted molar refractivity (Wildman–Crippen MR) is 109 cm³/mol. The Bertz CT molecular complexity index is 533. The van der Waals surface area contributed by atoms with Crippen LogP contribution in [-0.2, 0) is 19.2 Å². The first-order valence-electron chi connectivity index (χ1n) is 8.54. The van der Waals surface area contributed by atoms with Gasteiger partial charge in [0.1, 0.15) is 18.1 Å². The number of hydrogen-bond acceptors (Lipinski definition) is 7. The third-order valence-corrected chi connectivity index (χ3v) is 4.82. The zero-order chi connectivity index (χ0) is 21.1. The lowest BCUT2D eigenvalue weighted by molar-refractivity contribution is -0.141. The molecule has 27 heavy (non-hydrogen) atoms. The summed E-state index contributed by atoms with van der Waals surface area (Å²) in [5, 5.41) is 16.4. The summed E-state index contributed by atoms with van der Waals surface area (Å²) in [6.07, 6.45) is 2.24. The van der Waals surface area contributed by atoms with Gasteiger partial charge in [0.25, 0.3) is 0 Å². The second kappa shape index (κ2) is 12.8. The van der Waals surface area contributed by atoms with Gasteiger partial charge in [0.15, 0.2) is 0 Å². The molecule has 0 aromatic heterocycles. The highest BCUT2D eigenvalue weighted by atomic mass is 32.2. The molecule has 0 saturated carbocycles. The minimum Gasteiger partial charge on any atom is -0.480 e. The van der Waals surface area contributed by atoms with Gasteiger partial charge >= 0.3 is 5.97 Å². The van der Waals surface area contributed by atoms with Crippen molar-refractivity contribution in [2.75, 3.05) is 17.8 Å². The Morgan fingerprint density at radius 2 is 1.56 bits per heavy atom. The van der Waals surface area contributed by atoms with Gasteiger partial charge in [-0.05, 0) is 31.3 Å². The van der Waals surface area contributed by atoms with Gasteiger partial charge in [0.2, 0.25) is 17.7 Å². The quantitative estimate of drug-likeness (QED) is 0.226. The Balaban J connectivity index is 4.94. The fourth-order valence-corrected chi connectivity index (χ4v) is 2.66. The van der Waals surface area contributed by atoms with Gasteiger partial charge < -0.3 is 26.8 Å². The molecule has 0 heterocycles. The first-order valence-corrected chi connectivity index (χ1v) is 10.6. The number of amides is 3. The zero-order valence-electron chi connectivity index (χ0n) is 16.0. The maximum Gasteiger partial charge on any atom is 0.327 e. The number of aliphatic carboxylic acids is 1. The molecule has 0 saturated heterocycles. The van der Waals surface area contributed by atoms with E-state index < -0.39 is 47.9 Å². The number of nitrogens with two attached hydrogens (primary N) is 1. The lowest BCUT2D eigenvalue weighted by atomic mass is 10.0. The van der Waals surface area contributed by atoms with E-state index in [0.29, 0.717) is 12.2 Å². The molecule has 3 amide bonds. The Morgan fingerprint density at radius 1 is 1.00 bits per heavy atom. The number of carboxylic acids is 1. The van der Waals surface area contributed by atoms with Crippen molar-refractivity contribution in [3.8, 4) is 0 Å². The normalized spacial score (nSPS) is 15.4. The van der Waals surface area contributed by atoms with Crippen LogP contribution >= 0.6 is 24.4 Å². The molecule has 0 aliphatic heterocycles. The maximum atomic E-state index is 12.5. The summed E-state index contributed by atoms with van der Waals surface area (Å²) in [4.78, 5) is 47.7. The van der Waals surface area contributed by atoms with Crippen LogP contribution in [0.15, 0.2) is 0 Å². The molecule has 0 radical (unpaired) electrons. The summed E-state index contributed by atoms with van der Waals surface area (Å²) in [5.41, 5.74) is 5.81. The van der Waals surface area contributed by atoms with Crippen LogP contribution in [0.25, 0.3) is 0 Å². The lowest BCUT2D eigenvalue weighted by Crippen LogP contribution is -2.57. The smallest absolute Gasteiger partial charge is 0.327 e.